The molecule has 2 unspecified atom stereocenters. The summed E-state index contributed by atoms with van der Waals surface area (Å²) in [7, 11) is -5.99. The number of rotatable bonds is 17. The van der Waals surface area contributed by atoms with Crippen LogP contribution in [-0.4, -0.2) is 75.8 Å². The number of benzene rings is 2. The average Bonchev–Trinajstić information content (AvgIpc) is 3.85. The van der Waals surface area contributed by atoms with E-state index >= 15 is 0 Å². The molecule has 1 spiro atoms. The highest BCUT2D eigenvalue weighted by Crippen LogP contribution is 2.41. The molecule has 300 valence electrons. The van der Waals surface area contributed by atoms with Crippen LogP contribution in [-0.2, 0) is 42.0 Å². The zero-order valence-corrected chi connectivity index (χ0v) is 35.7. The lowest BCUT2D eigenvalue weighted by Gasteiger charge is -2.29. The fourth-order valence-electron chi connectivity index (χ4n) is 7.57. The van der Waals surface area contributed by atoms with Gasteiger partial charge in [-0.05, 0) is 88.5 Å². The highest BCUT2D eigenvalue weighted by molar-refractivity contribution is 7.93. The number of amidine groups is 1. The Labute approximate surface area is 328 Å². The van der Waals surface area contributed by atoms with Crippen molar-refractivity contribution in [1.29, 1.82) is 0 Å². The molecule has 0 bridgehead atoms. The van der Waals surface area contributed by atoms with Crippen molar-refractivity contribution in [1.82, 2.24) is 10.1 Å². The van der Waals surface area contributed by atoms with Gasteiger partial charge in [0.05, 0.1) is 31.8 Å². The number of hydrogen-bond acceptors (Lipinski definition) is 9. The van der Waals surface area contributed by atoms with Gasteiger partial charge in [0.25, 0.3) is 15.9 Å². The second kappa shape index (κ2) is 17.4. The minimum atomic E-state index is -4.23. The van der Waals surface area contributed by atoms with Gasteiger partial charge in [0.2, 0.25) is 5.88 Å². The maximum absolute atomic E-state index is 14.9. The fourth-order valence-corrected chi connectivity index (χ4v) is 9.68. The van der Waals surface area contributed by atoms with Crippen molar-refractivity contribution in [2.24, 2.45) is 4.99 Å². The molecule has 2 fully saturated rings. The van der Waals surface area contributed by atoms with E-state index in [1.807, 2.05) is 43.0 Å². The van der Waals surface area contributed by atoms with Gasteiger partial charge >= 0.3 is 0 Å². The van der Waals surface area contributed by atoms with E-state index < -0.39 is 23.6 Å². The van der Waals surface area contributed by atoms with Crippen LogP contribution in [0.3, 0.4) is 0 Å². The first-order chi connectivity index (χ1) is 26.2. The van der Waals surface area contributed by atoms with E-state index in [0.717, 1.165) is 86.7 Å². The Morgan fingerprint density at radius 3 is 2.47 bits per heavy atom. The van der Waals surface area contributed by atoms with Gasteiger partial charge < -0.3 is 18.7 Å². The summed E-state index contributed by atoms with van der Waals surface area (Å²) in [5, 5.41) is 4.10. The van der Waals surface area contributed by atoms with E-state index in [0.29, 0.717) is 43.0 Å². The molecule has 0 N–H and O–H groups in total. The van der Waals surface area contributed by atoms with Gasteiger partial charge in [0, 0.05) is 29.9 Å². The number of aromatic nitrogens is 1. The summed E-state index contributed by atoms with van der Waals surface area (Å²) in [6.45, 7) is 15.6. The Morgan fingerprint density at radius 2 is 1.80 bits per heavy atom. The SMILES string of the molecule is CCCCC1=NC2(CCCC2)C(=O)N1Cc1ccc(-c2ccccc2S(=O)(=O)N(COC(C)[Si](C)(C)C)c2onc(C)c2C)c(CCOC2CCCCO2)c1. The first kappa shape index (κ1) is 41.3. The van der Waals surface area contributed by atoms with Gasteiger partial charge in [0.15, 0.2) is 6.29 Å². The van der Waals surface area contributed by atoms with Gasteiger partial charge in [-0.15, -0.1) is 0 Å². The standard InChI is InChI=1S/C42H60N4O7SSi/c1-8-9-18-38-43-42(23-13-14-24-42)41(47)45(38)28-33-20-21-35(34(27-33)22-26-51-39-19-12-15-25-50-39)36-16-10-11-17-37(36)54(48,49)46(29-52-32(4)55(5,6)7)40-30(2)31(3)44-53-40/h10-11,16-17,20-21,27,32,39H,8-9,12-15,18-19,22-26,28-29H2,1-7H3. The monoisotopic (exact) mass is 792 g/mol. The lowest BCUT2D eigenvalue weighted by atomic mass is 9.95. The third-order valence-electron chi connectivity index (χ3n) is 11.6. The third-order valence-corrected chi connectivity index (χ3v) is 15.9. The van der Waals surface area contributed by atoms with Crippen LogP contribution < -0.4 is 4.31 Å². The molecule has 1 saturated carbocycles. The van der Waals surface area contributed by atoms with Crippen molar-refractivity contribution in [2.75, 3.05) is 24.2 Å². The van der Waals surface area contributed by atoms with E-state index in [9.17, 15) is 13.2 Å². The highest BCUT2D eigenvalue weighted by Gasteiger charge is 2.49. The topological polar surface area (TPSA) is 124 Å². The average molecular weight is 793 g/mol. The number of carbonyl (C=O) groups is 1. The molecular weight excluding hydrogens is 733 g/mol. The summed E-state index contributed by atoms with van der Waals surface area (Å²) >= 11 is 0. The quantitative estimate of drug-likeness (QED) is 0.0983. The molecule has 6 rings (SSSR count). The molecule has 1 aliphatic carbocycles. The number of hydrogen-bond donors (Lipinski definition) is 0. The van der Waals surface area contributed by atoms with Crippen molar-refractivity contribution in [3.8, 4) is 11.1 Å². The minimum Gasteiger partial charge on any atom is -0.360 e. The van der Waals surface area contributed by atoms with Gasteiger partial charge in [-0.3, -0.25) is 14.7 Å². The van der Waals surface area contributed by atoms with Crippen LogP contribution in [0.4, 0.5) is 5.88 Å². The Morgan fingerprint density at radius 1 is 1.04 bits per heavy atom. The van der Waals surface area contributed by atoms with Crippen LogP contribution in [0.15, 0.2) is 56.9 Å². The summed E-state index contributed by atoms with van der Waals surface area (Å²) in [5.74, 6) is 1.14. The Hall–Kier alpha value is -3.36. The first-order valence-corrected chi connectivity index (χ1v) is 25.2. The number of sulfonamides is 1. The van der Waals surface area contributed by atoms with Gasteiger partial charge in [-0.2, -0.15) is 0 Å². The van der Waals surface area contributed by atoms with E-state index in [-0.39, 0.29) is 35.4 Å². The van der Waals surface area contributed by atoms with Crippen molar-refractivity contribution in [3.63, 3.8) is 0 Å². The normalized spacial score (nSPS) is 19.3. The maximum atomic E-state index is 14.9. The molecule has 55 heavy (non-hydrogen) atoms. The molecule has 3 aliphatic rings. The molecule has 3 heterocycles. The number of unbranched alkanes of at least 4 members (excludes halogenated alkanes) is 1. The molecule has 13 heteroatoms. The number of amides is 1. The van der Waals surface area contributed by atoms with Crippen LogP contribution in [0.1, 0.15) is 100 Å². The van der Waals surface area contributed by atoms with E-state index in [4.69, 9.17) is 23.7 Å². The zero-order chi connectivity index (χ0) is 39.4. The van der Waals surface area contributed by atoms with E-state index in [2.05, 4.69) is 37.8 Å². The predicted octanol–water partition coefficient (Wildman–Crippen LogP) is 8.72. The minimum absolute atomic E-state index is 0.111. The molecular formula is C42H60N4O7SSi. The zero-order valence-electron chi connectivity index (χ0n) is 33.9. The van der Waals surface area contributed by atoms with Gasteiger partial charge in [0.1, 0.15) is 18.1 Å². The van der Waals surface area contributed by atoms with Crippen molar-refractivity contribution in [2.45, 2.75) is 147 Å². The lowest BCUT2D eigenvalue weighted by molar-refractivity contribution is -0.161. The number of anilines is 1. The summed E-state index contributed by atoms with van der Waals surface area (Å²) in [6, 6.07) is 13.2. The first-order valence-electron chi connectivity index (χ1n) is 20.2. The fraction of sp³-hybridized carbons (Fsp3) is 0.595. The largest absolute Gasteiger partial charge is 0.360 e. The molecule has 2 atom stereocenters. The van der Waals surface area contributed by atoms with Gasteiger partial charge in [-0.25, -0.2) is 12.7 Å². The van der Waals surface area contributed by atoms with Crippen LogP contribution in [0, 0.1) is 13.8 Å². The number of aryl methyl sites for hydroxylation is 1. The molecule has 3 aromatic rings. The second-order valence-electron chi connectivity index (χ2n) is 16.5. The Bertz CT molecular complexity index is 1940. The van der Waals surface area contributed by atoms with Crippen LogP contribution in [0.5, 0.6) is 0 Å². The summed E-state index contributed by atoms with van der Waals surface area (Å²) in [5.41, 5.74) is 3.73. The van der Waals surface area contributed by atoms with Crippen molar-refractivity contribution < 1.29 is 31.9 Å². The molecule has 2 aromatic carbocycles. The second-order valence-corrected chi connectivity index (χ2v) is 23.9. The van der Waals surface area contributed by atoms with Crippen LogP contribution >= 0.6 is 0 Å². The van der Waals surface area contributed by atoms with Crippen molar-refractivity contribution >= 4 is 35.7 Å². The molecule has 0 radical (unpaired) electrons. The maximum Gasteiger partial charge on any atom is 0.269 e. The predicted molar refractivity (Wildman–Crippen MR) is 218 cm³/mol. The number of aliphatic imine (C=N–C) groups is 1. The van der Waals surface area contributed by atoms with Gasteiger partial charge in [-0.1, -0.05) is 87.4 Å². The number of nitrogens with zero attached hydrogens (tertiary/aromatic N) is 4. The third kappa shape index (κ3) is 9.11. The molecule has 11 nitrogen and oxygen atoms in total. The molecule has 1 aromatic heterocycles. The highest BCUT2D eigenvalue weighted by atomic mass is 32.2. The number of ether oxygens (including phenoxy) is 3. The molecule has 1 saturated heterocycles. The number of carbonyl (C=O) groups excluding carboxylic acids is 1. The Balaban J connectivity index is 1.37. The van der Waals surface area contributed by atoms with E-state index in [1.54, 1.807) is 19.1 Å². The Kier molecular flexibility index (Phi) is 13.1. The van der Waals surface area contributed by atoms with Crippen LogP contribution in [0.25, 0.3) is 11.1 Å². The molecule has 2 aliphatic heterocycles. The van der Waals surface area contributed by atoms with Crippen molar-refractivity contribution in [3.05, 3.63) is 64.8 Å². The van der Waals surface area contributed by atoms with Crippen LogP contribution in [0.2, 0.25) is 19.6 Å². The summed E-state index contributed by atoms with van der Waals surface area (Å²) < 4.78 is 55.1. The van der Waals surface area contributed by atoms with E-state index in [1.165, 1.54) is 4.31 Å². The smallest absolute Gasteiger partial charge is 0.269 e. The summed E-state index contributed by atoms with van der Waals surface area (Å²) in [4.78, 5) is 21.2. The lowest BCUT2D eigenvalue weighted by Crippen LogP contribution is -2.42. The molecule has 1 amide bonds. The summed E-state index contributed by atoms with van der Waals surface area (Å²) in [6.07, 6.45) is 9.63.